The average Bonchev–Trinajstić information content (AvgIpc) is 2.61. The molecule has 0 spiro atoms. The zero-order valence-corrected chi connectivity index (χ0v) is 14.0. The number of amides is 1. The Kier molecular flexibility index (Phi) is 6.61. The lowest BCUT2D eigenvalue weighted by Gasteiger charge is -2.17. The number of rotatable bonds is 8. The van der Waals surface area contributed by atoms with Crippen molar-refractivity contribution in [2.45, 2.75) is 12.8 Å². The highest BCUT2D eigenvalue weighted by Crippen LogP contribution is 2.13. The van der Waals surface area contributed by atoms with Gasteiger partial charge in [-0.1, -0.05) is 12.1 Å². The Bertz CT molecular complexity index is 641. The summed E-state index contributed by atoms with van der Waals surface area (Å²) < 4.78 is 23.4. The third-order valence-electron chi connectivity index (χ3n) is 3.72. The zero-order chi connectivity index (χ0) is 17.4. The van der Waals surface area contributed by atoms with Crippen molar-refractivity contribution in [3.63, 3.8) is 0 Å². The number of aryl methyl sites for hydroxylation is 1. The summed E-state index contributed by atoms with van der Waals surface area (Å²) in [5, 5.41) is 0. The van der Waals surface area contributed by atoms with Crippen LogP contribution in [-0.4, -0.2) is 38.1 Å². The minimum absolute atomic E-state index is 0.0634. The van der Waals surface area contributed by atoms with Crippen LogP contribution in [0, 0.1) is 5.82 Å². The van der Waals surface area contributed by atoms with E-state index in [4.69, 9.17) is 9.47 Å². The highest BCUT2D eigenvalue weighted by atomic mass is 19.1. The van der Waals surface area contributed by atoms with E-state index in [9.17, 15) is 9.18 Å². The smallest absolute Gasteiger partial charge is 0.222 e. The summed E-state index contributed by atoms with van der Waals surface area (Å²) in [6.07, 6.45) is 1.13. The summed E-state index contributed by atoms with van der Waals surface area (Å²) >= 11 is 0. The molecule has 4 nitrogen and oxygen atoms in total. The summed E-state index contributed by atoms with van der Waals surface area (Å²) in [6.45, 7) is 0.856. The fourth-order valence-corrected chi connectivity index (χ4v) is 2.19. The third kappa shape index (κ3) is 5.57. The molecule has 0 aliphatic rings. The van der Waals surface area contributed by atoms with Crippen LogP contribution >= 0.6 is 0 Å². The van der Waals surface area contributed by atoms with Gasteiger partial charge in [-0.15, -0.1) is 0 Å². The topological polar surface area (TPSA) is 38.8 Å². The van der Waals surface area contributed by atoms with Crippen LogP contribution < -0.4 is 9.47 Å². The van der Waals surface area contributed by atoms with Crippen molar-refractivity contribution in [1.29, 1.82) is 0 Å². The second kappa shape index (κ2) is 8.91. The van der Waals surface area contributed by atoms with E-state index in [-0.39, 0.29) is 11.7 Å². The van der Waals surface area contributed by atoms with E-state index in [0.717, 1.165) is 11.3 Å². The van der Waals surface area contributed by atoms with Gasteiger partial charge in [0.2, 0.25) is 5.91 Å². The van der Waals surface area contributed by atoms with Crippen LogP contribution in [0.15, 0.2) is 48.5 Å². The van der Waals surface area contributed by atoms with Crippen LogP contribution in [0.3, 0.4) is 0 Å². The molecule has 128 valence electrons. The Labute approximate surface area is 141 Å². The molecular formula is C19H22FNO3. The first-order valence-electron chi connectivity index (χ1n) is 7.84. The number of hydrogen-bond donors (Lipinski definition) is 0. The van der Waals surface area contributed by atoms with Gasteiger partial charge < -0.3 is 14.4 Å². The van der Waals surface area contributed by atoms with Crippen LogP contribution in [0.1, 0.15) is 12.0 Å². The summed E-state index contributed by atoms with van der Waals surface area (Å²) in [5.41, 5.74) is 1.10. The quantitative estimate of drug-likeness (QED) is 0.745. The molecule has 0 heterocycles. The van der Waals surface area contributed by atoms with Gasteiger partial charge >= 0.3 is 0 Å². The van der Waals surface area contributed by atoms with Gasteiger partial charge in [0.15, 0.2) is 0 Å². The SMILES string of the molecule is COc1ccc(CCC(=O)N(C)CCOc2ccc(F)cc2)cc1. The van der Waals surface area contributed by atoms with E-state index in [1.54, 1.807) is 31.2 Å². The predicted octanol–water partition coefficient (Wildman–Crippen LogP) is 3.30. The van der Waals surface area contributed by atoms with Crippen molar-refractivity contribution in [1.82, 2.24) is 4.90 Å². The average molecular weight is 331 g/mol. The van der Waals surface area contributed by atoms with Crippen LogP contribution in [-0.2, 0) is 11.2 Å². The fraction of sp³-hybridized carbons (Fsp3) is 0.316. The van der Waals surface area contributed by atoms with E-state index in [1.165, 1.54) is 12.1 Å². The van der Waals surface area contributed by atoms with Gasteiger partial charge in [0.05, 0.1) is 13.7 Å². The number of hydrogen-bond acceptors (Lipinski definition) is 3. The Hall–Kier alpha value is -2.56. The molecule has 0 unspecified atom stereocenters. The lowest BCUT2D eigenvalue weighted by Crippen LogP contribution is -2.31. The number of benzene rings is 2. The molecular weight excluding hydrogens is 309 g/mol. The van der Waals surface area contributed by atoms with Gasteiger partial charge in [-0.2, -0.15) is 0 Å². The molecule has 2 rings (SSSR count). The van der Waals surface area contributed by atoms with Crippen molar-refractivity contribution in [3.8, 4) is 11.5 Å². The van der Waals surface area contributed by atoms with Gasteiger partial charge in [0.1, 0.15) is 23.9 Å². The summed E-state index contributed by atoms with van der Waals surface area (Å²) in [6, 6.07) is 13.5. The maximum Gasteiger partial charge on any atom is 0.222 e. The van der Waals surface area contributed by atoms with Crippen molar-refractivity contribution < 1.29 is 18.7 Å². The van der Waals surface area contributed by atoms with E-state index >= 15 is 0 Å². The van der Waals surface area contributed by atoms with Crippen LogP contribution in [0.25, 0.3) is 0 Å². The number of carbonyl (C=O) groups excluding carboxylic acids is 1. The number of carbonyl (C=O) groups is 1. The van der Waals surface area contributed by atoms with Gasteiger partial charge in [-0.3, -0.25) is 4.79 Å². The van der Waals surface area contributed by atoms with Gasteiger partial charge in [0.25, 0.3) is 0 Å². The molecule has 0 atom stereocenters. The molecule has 0 aliphatic carbocycles. The predicted molar refractivity (Wildman–Crippen MR) is 90.8 cm³/mol. The lowest BCUT2D eigenvalue weighted by molar-refractivity contribution is -0.130. The van der Waals surface area contributed by atoms with Crippen LogP contribution in [0.4, 0.5) is 4.39 Å². The van der Waals surface area contributed by atoms with Crippen molar-refractivity contribution >= 4 is 5.91 Å². The minimum atomic E-state index is -0.298. The fourth-order valence-electron chi connectivity index (χ4n) is 2.19. The van der Waals surface area contributed by atoms with Crippen molar-refractivity contribution in [3.05, 3.63) is 59.9 Å². The van der Waals surface area contributed by atoms with Crippen LogP contribution in [0.2, 0.25) is 0 Å². The maximum absolute atomic E-state index is 12.8. The maximum atomic E-state index is 12.8. The third-order valence-corrected chi connectivity index (χ3v) is 3.72. The van der Waals surface area contributed by atoms with Gasteiger partial charge in [-0.05, 0) is 48.4 Å². The van der Waals surface area contributed by atoms with Crippen molar-refractivity contribution in [2.75, 3.05) is 27.3 Å². The molecule has 0 aliphatic heterocycles. The number of halogens is 1. The summed E-state index contributed by atoms with van der Waals surface area (Å²) in [5.74, 6) is 1.16. The molecule has 2 aromatic carbocycles. The highest BCUT2D eigenvalue weighted by molar-refractivity contribution is 5.76. The number of methoxy groups -OCH3 is 1. The molecule has 0 radical (unpaired) electrons. The van der Waals surface area contributed by atoms with Crippen molar-refractivity contribution in [2.24, 2.45) is 0 Å². The standard InChI is InChI=1S/C19H22FNO3/c1-21(13-14-24-18-10-6-16(20)7-11-18)19(22)12-5-15-3-8-17(23-2)9-4-15/h3-4,6-11H,5,12-14H2,1-2H3. The second-order valence-corrected chi connectivity index (χ2v) is 5.47. The molecule has 2 aromatic rings. The molecule has 5 heteroatoms. The van der Waals surface area contributed by atoms with E-state index in [0.29, 0.717) is 31.7 Å². The van der Waals surface area contributed by atoms with Gasteiger partial charge in [-0.25, -0.2) is 4.39 Å². The Morgan fingerprint density at radius 3 is 2.29 bits per heavy atom. The first-order chi connectivity index (χ1) is 11.6. The molecule has 0 saturated heterocycles. The number of likely N-dealkylation sites (N-methyl/N-ethyl adjacent to an activating group) is 1. The molecule has 0 fully saturated rings. The largest absolute Gasteiger partial charge is 0.497 e. The zero-order valence-electron chi connectivity index (χ0n) is 14.0. The highest BCUT2D eigenvalue weighted by Gasteiger charge is 2.09. The normalized spacial score (nSPS) is 10.3. The molecule has 24 heavy (non-hydrogen) atoms. The Morgan fingerprint density at radius 1 is 1.04 bits per heavy atom. The minimum Gasteiger partial charge on any atom is -0.497 e. The lowest BCUT2D eigenvalue weighted by atomic mass is 10.1. The molecule has 0 N–H and O–H groups in total. The molecule has 0 bridgehead atoms. The van der Waals surface area contributed by atoms with E-state index in [1.807, 2.05) is 24.3 Å². The molecule has 0 aromatic heterocycles. The summed E-state index contributed by atoms with van der Waals surface area (Å²) in [4.78, 5) is 13.8. The monoisotopic (exact) mass is 331 g/mol. The molecule has 0 saturated carbocycles. The van der Waals surface area contributed by atoms with E-state index < -0.39 is 0 Å². The van der Waals surface area contributed by atoms with E-state index in [2.05, 4.69) is 0 Å². The molecule has 1 amide bonds. The first-order valence-corrected chi connectivity index (χ1v) is 7.84. The summed E-state index contributed by atoms with van der Waals surface area (Å²) in [7, 11) is 3.38. The number of nitrogens with zero attached hydrogens (tertiary/aromatic N) is 1. The Morgan fingerprint density at radius 2 is 1.67 bits per heavy atom. The second-order valence-electron chi connectivity index (χ2n) is 5.47. The first kappa shape index (κ1) is 17.8. The number of ether oxygens (including phenoxy) is 2. The van der Waals surface area contributed by atoms with Crippen LogP contribution in [0.5, 0.6) is 11.5 Å². The van der Waals surface area contributed by atoms with Gasteiger partial charge in [0, 0.05) is 13.5 Å². The Balaban J connectivity index is 1.70.